The molecule has 1 N–H and O–H groups in total. The van der Waals surface area contributed by atoms with Crippen LogP contribution in [0, 0.1) is 11.8 Å². The van der Waals surface area contributed by atoms with Gasteiger partial charge in [-0.15, -0.1) is 0 Å². The zero-order chi connectivity index (χ0) is 9.56. The largest absolute Gasteiger partial charge is 0.393 e. The van der Waals surface area contributed by atoms with E-state index in [4.69, 9.17) is 5.11 Å². The van der Waals surface area contributed by atoms with Crippen LogP contribution in [0.2, 0.25) is 0 Å². The van der Waals surface area contributed by atoms with Gasteiger partial charge in [0.05, 0.1) is 6.10 Å². The first-order chi connectivity index (χ1) is 5.54. The summed E-state index contributed by atoms with van der Waals surface area (Å²) >= 11 is 0. The minimum absolute atomic E-state index is 0.112. The molecule has 0 aromatic rings. The van der Waals surface area contributed by atoms with Crippen LogP contribution in [-0.4, -0.2) is 11.2 Å². The summed E-state index contributed by atoms with van der Waals surface area (Å²) in [7, 11) is 0. The summed E-state index contributed by atoms with van der Waals surface area (Å²) in [5.74, 6) is 1.63. The van der Waals surface area contributed by atoms with Crippen molar-refractivity contribution >= 4 is 0 Å². The maximum Gasteiger partial charge on any atom is 0.0512 e. The van der Waals surface area contributed by atoms with E-state index in [1.54, 1.807) is 0 Å². The smallest absolute Gasteiger partial charge is 0.0512 e. The van der Waals surface area contributed by atoms with Crippen molar-refractivity contribution in [3.63, 3.8) is 0 Å². The molecule has 0 bridgehead atoms. The van der Waals surface area contributed by atoms with Gasteiger partial charge >= 0.3 is 0 Å². The van der Waals surface area contributed by atoms with Gasteiger partial charge < -0.3 is 5.11 Å². The van der Waals surface area contributed by atoms with Crippen molar-refractivity contribution in [1.29, 1.82) is 0 Å². The molecule has 2 unspecified atom stereocenters. The molecule has 0 heterocycles. The second-order valence-electron chi connectivity index (χ2n) is 4.35. The van der Waals surface area contributed by atoms with E-state index in [2.05, 4.69) is 20.8 Å². The third-order valence-electron chi connectivity index (χ3n) is 2.67. The molecule has 74 valence electrons. The molecule has 0 radical (unpaired) electrons. The van der Waals surface area contributed by atoms with Crippen LogP contribution in [0.4, 0.5) is 0 Å². The molecular weight excluding hydrogens is 148 g/mol. The van der Waals surface area contributed by atoms with Gasteiger partial charge in [-0.3, -0.25) is 0 Å². The van der Waals surface area contributed by atoms with Crippen molar-refractivity contribution in [2.75, 3.05) is 0 Å². The highest BCUT2D eigenvalue weighted by atomic mass is 16.3. The quantitative estimate of drug-likeness (QED) is 0.610. The standard InChI is InChI=1S/C11H24O/c1-9(2)10(3)7-5-6-8-11(4)12/h9-12H,5-8H2,1-4H3. The van der Waals surface area contributed by atoms with E-state index in [-0.39, 0.29) is 6.10 Å². The maximum absolute atomic E-state index is 9.03. The first kappa shape index (κ1) is 12.0. The van der Waals surface area contributed by atoms with Gasteiger partial charge in [-0.1, -0.05) is 40.0 Å². The van der Waals surface area contributed by atoms with Crippen LogP contribution in [-0.2, 0) is 0 Å². The summed E-state index contributed by atoms with van der Waals surface area (Å²) in [5.41, 5.74) is 0. The predicted octanol–water partition coefficient (Wildman–Crippen LogP) is 3.22. The fraction of sp³-hybridized carbons (Fsp3) is 1.00. The number of rotatable bonds is 6. The molecule has 0 saturated carbocycles. The van der Waals surface area contributed by atoms with Gasteiger partial charge in [0, 0.05) is 0 Å². The minimum atomic E-state index is -0.112. The molecule has 0 aromatic heterocycles. The zero-order valence-corrected chi connectivity index (χ0v) is 9.01. The van der Waals surface area contributed by atoms with Crippen LogP contribution in [0.25, 0.3) is 0 Å². The van der Waals surface area contributed by atoms with Crippen LogP contribution in [0.1, 0.15) is 53.4 Å². The average Bonchev–Trinajstić information content (AvgIpc) is 1.97. The molecule has 0 rings (SSSR count). The van der Waals surface area contributed by atoms with Gasteiger partial charge in [-0.05, 0) is 25.2 Å². The first-order valence-corrected chi connectivity index (χ1v) is 5.22. The summed E-state index contributed by atoms with van der Waals surface area (Å²) in [6.45, 7) is 8.73. The molecule has 0 fully saturated rings. The molecule has 0 aliphatic rings. The molecule has 0 spiro atoms. The van der Waals surface area contributed by atoms with Crippen LogP contribution in [0.3, 0.4) is 0 Å². The Bertz CT molecular complexity index is 97.2. The van der Waals surface area contributed by atoms with Gasteiger partial charge in [-0.25, -0.2) is 0 Å². The fourth-order valence-corrected chi connectivity index (χ4v) is 1.24. The Hall–Kier alpha value is -0.0400. The normalized spacial score (nSPS) is 16.5. The van der Waals surface area contributed by atoms with E-state index in [1.165, 1.54) is 19.3 Å². The number of hydrogen-bond acceptors (Lipinski definition) is 1. The summed E-state index contributed by atoms with van der Waals surface area (Å²) in [6, 6.07) is 0. The Morgan fingerprint density at radius 2 is 1.42 bits per heavy atom. The van der Waals surface area contributed by atoms with E-state index in [0.29, 0.717) is 0 Å². The number of aliphatic hydroxyl groups is 1. The lowest BCUT2D eigenvalue weighted by atomic mass is 9.92. The Kier molecular flexibility index (Phi) is 6.45. The third kappa shape index (κ3) is 6.66. The SMILES string of the molecule is CC(O)CCCCC(C)C(C)C. The predicted molar refractivity (Wildman–Crippen MR) is 54.2 cm³/mol. The number of aliphatic hydroxyl groups excluding tert-OH is 1. The molecule has 0 aromatic carbocycles. The van der Waals surface area contributed by atoms with Crippen LogP contribution >= 0.6 is 0 Å². The highest BCUT2D eigenvalue weighted by Gasteiger charge is 2.06. The van der Waals surface area contributed by atoms with E-state index in [1.807, 2.05) is 6.92 Å². The average molecular weight is 172 g/mol. The Morgan fingerprint density at radius 1 is 0.917 bits per heavy atom. The minimum Gasteiger partial charge on any atom is -0.393 e. The lowest BCUT2D eigenvalue weighted by Crippen LogP contribution is -2.04. The van der Waals surface area contributed by atoms with Gasteiger partial charge in [0.15, 0.2) is 0 Å². The summed E-state index contributed by atoms with van der Waals surface area (Å²) < 4.78 is 0. The van der Waals surface area contributed by atoms with Crippen molar-refractivity contribution in [3.05, 3.63) is 0 Å². The molecule has 1 heteroatoms. The van der Waals surface area contributed by atoms with Gasteiger partial charge in [-0.2, -0.15) is 0 Å². The number of unbranched alkanes of at least 4 members (excludes halogenated alkanes) is 1. The van der Waals surface area contributed by atoms with Crippen molar-refractivity contribution in [2.45, 2.75) is 59.5 Å². The van der Waals surface area contributed by atoms with Crippen LogP contribution in [0.5, 0.6) is 0 Å². The molecule has 12 heavy (non-hydrogen) atoms. The highest BCUT2D eigenvalue weighted by Crippen LogP contribution is 2.17. The second kappa shape index (κ2) is 6.47. The van der Waals surface area contributed by atoms with Crippen molar-refractivity contribution < 1.29 is 5.11 Å². The second-order valence-corrected chi connectivity index (χ2v) is 4.35. The summed E-state index contributed by atoms with van der Waals surface area (Å²) in [4.78, 5) is 0. The fourth-order valence-electron chi connectivity index (χ4n) is 1.24. The van der Waals surface area contributed by atoms with Crippen LogP contribution in [0.15, 0.2) is 0 Å². The molecular formula is C11H24O. The molecule has 0 aliphatic carbocycles. The van der Waals surface area contributed by atoms with E-state index >= 15 is 0 Å². The number of hydrogen-bond donors (Lipinski definition) is 1. The summed E-state index contributed by atoms with van der Waals surface area (Å²) in [6.07, 6.45) is 4.60. The maximum atomic E-state index is 9.03. The lowest BCUT2D eigenvalue weighted by molar-refractivity contribution is 0.179. The highest BCUT2D eigenvalue weighted by molar-refractivity contribution is 4.58. The van der Waals surface area contributed by atoms with Crippen molar-refractivity contribution in [3.8, 4) is 0 Å². The molecule has 2 atom stereocenters. The molecule has 1 nitrogen and oxygen atoms in total. The zero-order valence-electron chi connectivity index (χ0n) is 9.01. The van der Waals surface area contributed by atoms with Crippen molar-refractivity contribution in [1.82, 2.24) is 0 Å². The Morgan fingerprint density at radius 3 is 1.83 bits per heavy atom. The summed E-state index contributed by atoms with van der Waals surface area (Å²) in [5, 5.41) is 9.03. The molecule has 0 saturated heterocycles. The third-order valence-corrected chi connectivity index (χ3v) is 2.67. The Balaban J connectivity index is 3.20. The first-order valence-electron chi connectivity index (χ1n) is 5.22. The van der Waals surface area contributed by atoms with E-state index in [9.17, 15) is 0 Å². The van der Waals surface area contributed by atoms with E-state index in [0.717, 1.165) is 18.3 Å². The lowest BCUT2D eigenvalue weighted by Gasteiger charge is -2.14. The van der Waals surface area contributed by atoms with Crippen molar-refractivity contribution in [2.24, 2.45) is 11.8 Å². The van der Waals surface area contributed by atoms with E-state index < -0.39 is 0 Å². The topological polar surface area (TPSA) is 20.2 Å². The van der Waals surface area contributed by atoms with Crippen LogP contribution < -0.4 is 0 Å². The van der Waals surface area contributed by atoms with Gasteiger partial charge in [0.2, 0.25) is 0 Å². The molecule has 0 aliphatic heterocycles. The Labute approximate surface area is 77.2 Å². The monoisotopic (exact) mass is 172 g/mol. The van der Waals surface area contributed by atoms with Gasteiger partial charge in [0.25, 0.3) is 0 Å². The van der Waals surface area contributed by atoms with Gasteiger partial charge in [0.1, 0.15) is 0 Å². The molecule has 0 amide bonds.